The number of nitrogens with one attached hydrogen (secondary N) is 1. The van der Waals surface area contributed by atoms with Crippen LogP contribution < -0.4 is 15.1 Å². The maximum atomic E-state index is 13.3. The number of halogens is 4. The summed E-state index contributed by atoms with van der Waals surface area (Å²) in [5, 5.41) is 3.46. The first-order valence-electron chi connectivity index (χ1n) is 10.1. The Morgan fingerprint density at radius 1 is 1.23 bits per heavy atom. The van der Waals surface area contributed by atoms with Crippen LogP contribution in [0.2, 0.25) is 5.02 Å². The van der Waals surface area contributed by atoms with Gasteiger partial charge in [0.25, 0.3) is 0 Å². The van der Waals surface area contributed by atoms with E-state index in [1.807, 2.05) is 24.3 Å². The lowest BCUT2D eigenvalue weighted by atomic mass is 9.82. The third-order valence-electron chi connectivity index (χ3n) is 5.97. The second-order valence-electron chi connectivity index (χ2n) is 7.87. The van der Waals surface area contributed by atoms with Crippen molar-refractivity contribution in [2.75, 3.05) is 36.0 Å². The Morgan fingerprint density at radius 2 is 2.03 bits per heavy atom. The van der Waals surface area contributed by atoms with E-state index in [1.165, 1.54) is 12.1 Å². The highest BCUT2D eigenvalue weighted by Gasteiger charge is 2.42. The highest BCUT2D eigenvalue weighted by atomic mass is 35.5. The van der Waals surface area contributed by atoms with E-state index in [0.717, 1.165) is 17.4 Å². The van der Waals surface area contributed by atoms with Crippen LogP contribution in [0.4, 0.5) is 24.5 Å². The molecule has 4 nitrogen and oxygen atoms in total. The van der Waals surface area contributed by atoms with Crippen molar-refractivity contribution in [3.8, 4) is 0 Å². The average Bonchev–Trinajstić information content (AvgIpc) is 2.75. The minimum Gasteiger partial charge on any atom is -0.368 e. The molecular formula is C23H23ClF3N3O. The van der Waals surface area contributed by atoms with E-state index in [4.69, 9.17) is 11.6 Å². The van der Waals surface area contributed by atoms with Crippen LogP contribution >= 0.6 is 11.6 Å². The van der Waals surface area contributed by atoms with Crippen LogP contribution in [0, 0.1) is 5.92 Å². The van der Waals surface area contributed by atoms with Gasteiger partial charge in [0.15, 0.2) is 0 Å². The second-order valence-corrected chi connectivity index (χ2v) is 8.31. The molecule has 1 saturated heterocycles. The molecule has 0 radical (unpaired) electrons. The molecule has 8 heteroatoms. The summed E-state index contributed by atoms with van der Waals surface area (Å²) in [6.45, 7) is 5.79. The molecule has 2 aromatic rings. The van der Waals surface area contributed by atoms with Gasteiger partial charge in [0, 0.05) is 42.6 Å². The molecule has 4 rings (SSSR count). The molecule has 1 N–H and O–H groups in total. The fraction of sp³-hybridized carbons (Fsp3) is 0.348. The van der Waals surface area contributed by atoms with Gasteiger partial charge in [-0.1, -0.05) is 23.7 Å². The summed E-state index contributed by atoms with van der Waals surface area (Å²) in [6.07, 6.45) is -2.57. The molecule has 0 unspecified atom stereocenters. The Bertz CT molecular complexity index is 994. The van der Waals surface area contributed by atoms with Crippen LogP contribution in [0.5, 0.6) is 0 Å². The molecule has 2 aliphatic rings. The minimum absolute atomic E-state index is 0.165. The third kappa shape index (κ3) is 4.37. The fourth-order valence-corrected chi connectivity index (χ4v) is 4.70. The Morgan fingerprint density at radius 3 is 2.74 bits per heavy atom. The Balaban J connectivity index is 1.68. The van der Waals surface area contributed by atoms with Gasteiger partial charge in [0.05, 0.1) is 17.5 Å². The largest absolute Gasteiger partial charge is 0.416 e. The number of benzene rings is 2. The van der Waals surface area contributed by atoms with Crippen LogP contribution in [-0.4, -0.2) is 38.1 Å². The SMILES string of the molecule is C=CCNC(=O)[C@@H]1Cc2cc(C(F)(F)F)ccc2N2CCN(c3cccc(Cl)c3)C[C@@H]12. The molecule has 1 fully saturated rings. The summed E-state index contributed by atoms with van der Waals surface area (Å²) < 4.78 is 39.8. The first kappa shape index (κ1) is 21.6. The summed E-state index contributed by atoms with van der Waals surface area (Å²) in [7, 11) is 0. The molecule has 0 spiro atoms. The lowest BCUT2D eigenvalue weighted by Gasteiger charge is -2.49. The number of hydrogen-bond acceptors (Lipinski definition) is 3. The maximum Gasteiger partial charge on any atom is 0.416 e. The highest BCUT2D eigenvalue weighted by Crippen LogP contribution is 2.40. The molecule has 31 heavy (non-hydrogen) atoms. The maximum absolute atomic E-state index is 13.3. The van der Waals surface area contributed by atoms with E-state index >= 15 is 0 Å². The molecule has 2 heterocycles. The molecule has 2 atom stereocenters. The number of anilines is 2. The predicted octanol–water partition coefficient (Wildman–Crippen LogP) is 4.53. The number of amides is 1. The first-order valence-corrected chi connectivity index (χ1v) is 10.5. The van der Waals surface area contributed by atoms with E-state index in [9.17, 15) is 18.0 Å². The van der Waals surface area contributed by atoms with E-state index < -0.39 is 17.7 Å². The van der Waals surface area contributed by atoms with Gasteiger partial charge < -0.3 is 15.1 Å². The van der Waals surface area contributed by atoms with Crippen molar-refractivity contribution in [2.45, 2.75) is 18.6 Å². The van der Waals surface area contributed by atoms with E-state index in [0.29, 0.717) is 36.8 Å². The zero-order chi connectivity index (χ0) is 22.2. The number of carbonyl (C=O) groups is 1. The number of rotatable bonds is 4. The van der Waals surface area contributed by atoms with Gasteiger partial charge >= 0.3 is 6.18 Å². The molecule has 0 aliphatic carbocycles. The normalized spacial score (nSPS) is 20.6. The highest BCUT2D eigenvalue weighted by molar-refractivity contribution is 6.30. The Labute approximate surface area is 184 Å². The Hall–Kier alpha value is -2.67. The number of carbonyl (C=O) groups excluding carboxylic acids is 1. The summed E-state index contributed by atoms with van der Waals surface area (Å²) in [5.74, 6) is -0.649. The van der Waals surface area contributed by atoms with E-state index in [2.05, 4.69) is 21.7 Å². The number of piperazine rings is 1. The summed E-state index contributed by atoms with van der Waals surface area (Å²) in [4.78, 5) is 17.2. The first-order chi connectivity index (χ1) is 14.8. The molecular weight excluding hydrogens is 427 g/mol. The van der Waals surface area contributed by atoms with E-state index in [-0.39, 0.29) is 18.4 Å². The van der Waals surface area contributed by atoms with Crippen molar-refractivity contribution in [2.24, 2.45) is 5.92 Å². The number of hydrogen-bond donors (Lipinski definition) is 1. The zero-order valence-electron chi connectivity index (χ0n) is 16.8. The monoisotopic (exact) mass is 449 g/mol. The van der Waals surface area contributed by atoms with E-state index in [1.54, 1.807) is 6.08 Å². The number of alkyl halides is 3. The zero-order valence-corrected chi connectivity index (χ0v) is 17.6. The van der Waals surface area contributed by atoms with Gasteiger partial charge in [-0.25, -0.2) is 0 Å². The third-order valence-corrected chi connectivity index (χ3v) is 6.20. The van der Waals surface area contributed by atoms with Crippen LogP contribution in [0.15, 0.2) is 55.1 Å². The Kier molecular flexibility index (Phi) is 5.88. The summed E-state index contributed by atoms with van der Waals surface area (Å²) in [5.41, 5.74) is 1.61. The standard InChI is InChI=1S/C23H23ClF3N3O/c1-2-8-28-22(31)19-12-15-11-16(23(25,26)27)6-7-20(15)30-10-9-29(14-21(19)30)18-5-3-4-17(24)13-18/h2-7,11,13,19,21H,1,8-10,12,14H2,(H,28,31)/t19-,21+/m1/s1. The van der Waals surface area contributed by atoms with Crippen molar-refractivity contribution in [1.29, 1.82) is 0 Å². The lowest BCUT2D eigenvalue weighted by molar-refractivity contribution is -0.137. The summed E-state index contributed by atoms with van der Waals surface area (Å²) in [6, 6.07) is 11.2. The van der Waals surface area contributed by atoms with Crippen LogP contribution in [0.3, 0.4) is 0 Å². The molecule has 0 aromatic heterocycles. The summed E-state index contributed by atoms with van der Waals surface area (Å²) >= 11 is 6.15. The fourth-order valence-electron chi connectivity index (χ4n) is 4.51. The quantitative estimate of drug-likeness (QED) is 0.697. The van der Waals surface area contributed by atoms with Gasteiger partial charge in [-0.2, -0.15) is 13.2 Å². The minimum atomic E-state index is -4.42. The van der Waals surface area contributed by atoms with Gasteiger partial charge in [-0.15, -0.1) is 6.58 Å². The van der Waals surface area contributed by atoms with Crippen molar-refractivity contribution < 1.29 is 18.0 Å². The van der Waals surface area contributed by atoms with Gasteiger partial charge in [-0.05, 0) is 48.4 Å². The van der Waals surface area contributed by atoms with Gasteiger partial charge in [0.1, 0.15) is 0 Å². The lowest BCUT2D eigenvalue weighted by Crippen LogP contribution is -2.61. The molecule has 0 bridgehead atoms. The van der Waals surface area contributed by atoms with Crippen molar-refractivity contribution in [3.63, 3.8) is 0 Å². The van der Waals surface area contributed by atoms with Crippen LogP contribution in [0.1, 0.15) is 11.1 Å². The number of fused-ring (bicyclic) bond motifs is 3. The molecule has 0 saturated carbocycles. The predicted molar refractivity (Wildman–Crippen MR) is 117 cm³/mol. The van der Waals surface area contributed by atoms with Gasteiger partial charge in [0.2, 0.25) is 5.91 Å². The molecule has 1 amide bonds. The second kappa shape index (κ2) is 8.46. The van der Waals surface area contributed by atoms with Crippen molar-refractivity contribution in [1.82, 2.24) is 5.32 Å². The van der Waals surface area contributed by atoms with Crippen molar-refractivity contribution >= 4 is 28.9 Å². The van der Waals surface area contributed by atoms with Crippen LogP contribution in [-0.2, 0) is 17.4 Å². The molecule has 164 valence electrons. The molecule has 2 aromatic carbocycles. The smallest absolute Gasteiger partial charge is 0.368 e. The van der Waals surface area contributed by atoms with Crippen molar-refractivity contribution in [3.05, 3.63) is 71.3 Å². The van der Waals surface area contributed by atoms with Gasteiger partial charge in [-0.3, -0.25) is 4.79 Å². The average molecular weight is 450 g/mol. The topological polar surface area (TPSA) is 35.6 Å². The van der Waals surface area contributed by atoms with Crippen LogP contribution in [0.25, 0.3) is 0 Å². The number of nitrogens with zero attached hydrogens (tertiary/aromatic N) is 2. The molecule has 2 aliphatic heterocycles.